The minimum absolute atomic E-state index is 0.0220. The van der Waals surface area contributed by atoms with Gasteiger partial charge in [-0.3, -0.25) is 4.55 Å². The van der Waals surface area contributed by atoms with Crippen molar-refractivity contribution in [2.24, 2.45) is 0 Å². The first kappa shape index (κ1) is 8.92. The Kier molecular flexibility index (Phi) is 1.96. The van der Waals surface area contributed by atoms with Crippen LogP contribution in [-0.4, -0.2) is 41.1 Å². The lowest BCUT2D eigenvalue weighted by molar-refractivity contribution is 0.0755. The molecule has 1 aliphatic heterocycles. The molecule has 1 fully saturated rings. The van der Waals surface area contributed by atoms with Crippen LogP contribution in [-0.2, 0) is 10.3 Å². The Morgan fingerprint density at radius 3 is 2.27 bits per heavy atom. The number of aliphatic hydroxyl groups is 1. The van der Waals surface area contributed by atoms with E-state index in [1.165, 1.54) is 6.92 Å². The minimum Gasteiger partial charge on any atom is -0.389 e. The molecule has 2 N–H and O–H groups in total. The van der Waals surface area contributed by atoms with Crippen molar-refractivity contribution in [1.29, 1.82) is 0 Å². The normalized spacial score (nSPS) is 34.5. The highest BCUT2D eigenvalue weighted by Gasteiger charge is 2.36. The molecular formula is C5H11NO4S. The maximum absolute atomic E-state index is 10.5. The topological polar surface area (TPSA) is 77.8 Å². The summed E-state index contributed by atoms with van der Waals surface area (Å²) in [7, 11) is -4.10. The van der Waals surface area contributed by atoms with E-state index in [9.17, 15) is 13.5 Å². The van der Waals surface area contributed by atoms with Crippen molar-refractivity contribution in [3.63, 3.8) is 0 Å². The van der Waals surface area contributed by atoms with Crippen molar-refractivity contribution in [1.82, 2.24) is 4.31 Å². The molecule has 0 spiro atoms. The molecule has 0 bridgehead atoms. The molecule has 1 atom stereocenters. The molecule has 0 saturated carbocycles. The van der Waals surface area contributed by atoms with E-state index in [0.29, 0.717) is 6.42 Å². The number of hydrogen-bond donors (Lipinski definition) is 2. The Morgan fingerprint density at radius 2 is 2.09 bits per heavy atom. The van der Waals surface area contributed by atoms with E-state index in [0.717, 1.165) is 4.31 Å². The summed E-state index contributed by atoms with van der Waals surface area (Å²) in [6, 6.07) is 0. The molecule has 0 aliphatic carbocycles. The molecule has 0 aromatic rings. The van der Waals surface area contributed by atoms with Gasteiger partial charge in [-0.15, -0.1) is 0 Å². The van der Waals surface area contributed by atoms with Gasteiger partial charge in [0, 0.05) is 13.1 Å². The smallest absolute Gasteiger partial charge is 0.336 e. The van der Waals surface area contributed by atoms with E-state index in [-0.39, 0.29) is 13.1 Å². The lowest BCUT2D eigenvalue weighted by Gasteiger charge is -2.15. The van der Waals surface area contributed by atoms with Gasteiger partial charge in [0.05, 0.1) is 5.60 Å². The second kappa shape index (κ2) is 2.41. The number of hydrogen-bond acceptors (Lipinski definition) is 3. The second-order valence-corrected chi connectivity index (χ2v) is 4.47. The summed E-state index contributed by atoms with van der Waals surface area (Å²) < 4.78 is 30.4. The van der Waals surface area contributed by atoms with Crippen LogP contribution in [0.25, 0.3) is 0 Å². The Hall–Kier alpha value is -0.170. The number of β-amino-alcohol motifs (C(OH)–C–C–N with tert-alkyl or cyclic N) is 1. The van der Waals surface area contributed by atoms with E-state index >= 15 is 0 Å². The third-order valence-corrected chi connectivity index (χ3v) is 2.71. The van der Waals surface area contributed by atoms with Gasteiger partial charge >= 0.3 is 10.3 Å². The van der Waals surface area contributed by atoms with Crippen molar-refractivity contribution < 1.29 is 18.1 Å². The molecule has 1 rings (SSSR count). The van der Waals surface area contributed by atoms with Crippen LogP contribution in [0, 0.1) is 0 Å². The van der Waals surface area contributed by atoms with Crippen LogP contribution >= 0.6 is 0 Å². The quantitative estimate of drug-likeness (QED) is 0.521. The lowest BCUT2D eigenvalue weighted by Crippen LogP contribution is -2.33. The first-order chi connectivity index (χ1) is 4.81. The van der Waals surface area contributed by atoms with Gasteiger partial charge in [-0.2, -0.15) is 12.7 Å². The van der Waals surface area contributed by atoms with E-state index in [1.807, 2.05) is 0 Å². The molecule has 5 nitrogen and oxygen atoms in total. The van der Waals surface area contributed by atoms with Gasteiger partial charge in [-0.05, 0) is 13.3 Å². The van der Waals surface area contributed by atoms with Crippen LogP contribution in [0.4, 0.5) is 0 Å². The van der Waals surface area contributed by atoms with E-state index < -0.39 is 15.9 Å². The molecule has 0 radical (unpaired) electrons. The molecule has 1 aliphatic rings. The summed E-state index contributed by atoms with van der Waals surface area (Å²) >= 11 is 0. The fraction of sp³-hybridized carbons (Fsp3) is 1.00. The van der Waals surface area contributed by atoms with Gasteiger partial charge in [-0.1, -0.05) is 0 Å². The standard InChI is InChI=1S/C5H11NO4S/c1-5(7)2-3-6(4-5)11(8,9)10/h7H,2-4H2,1H3,(H,8,9,10). The Balaban J connectivity index is 2.71. The predicted molar refractivity (Wildman–Crippen MR) is 38.4 cm³/mol. The zero-order chi connectivity index (χ0) is 8.70. The molecule has 1 unspecified atom stereocenters. The van der Waals surface area contributed by atoms with Crippen LogP contribution in [0.15, 0.2) is 0 Å². The van der Waals surface area contributed by atoms with E-state index in [2.05, 4.69) is 0 Å². The van der Waals surface area contributed by atoms with Gasteiger partial charge in [0.15, 0.2) is 0 Å². The Labute approximate surface area is 65.5 Å². The van der Waals surface area contributed by atoms with Crippen LogP contribution in [0.2, 0.25) is 0 Å². The van der Waals surface area contributed by atoms with Gasteiger partial charge in [0.2, 0.25) is 0 Å². The SMILES string of the molecule is CC1(O)CCN(S(=O)(=O)O)C1. The maximum Gasteiger partial charge on any atom is 0.336 e. The van der Waals surface area contributed by atoms with Crippen LogP contribution < -0.4 is 0 Å². The first-order valence-corrected chi connectivity index (χ1v) is 4.66. The first-order valence-electron chi connectivity index (χ1n) is 3.26. The fourth-order valence-corrected chi connectivity index (χ4v) is 1.86. The summed E-state index contributed by atoms with van der Waals surface area (Å²) in [5.74, 6) is 0. The second-order valence-electron chi connectivity index (χ2n) is 3.06. The van der Waals surface area contributed by atoms with Crippen molar-refractivity contribution >= 4 is 10.3 Å². The molecule has 0 aromatic heterocycles. The summed E-state index contributed by atoms with van der Waals surface area (Å²) in [6.07, 6.45) is 0.368. The molecule has 0 aromatic carbocycles. The molecule has 11 heavy (non-hydrogen) atoms. The van der Waals surface area contributed by atoms with Crippen LogP contribution in [0.1, 0.15) is 13.3 Å². The zero-order valence-corrected chi connectivity index (χ0v) is 7.00. The van der Waals surface area contributed by atoms with Gasteiger partial charge in [0.25, 0.3) is 0 Å². The number of rotatable bonds is 1. The predicted octanol–water partition coefficient (Wildman–Crippen LogP) is -0.754. The van der Waals surface area contributed by atoms with E-state index in [1.54, 1.807) is 0 Å². The maximum atomic E-state index is 10.5. The average molecular weight is 181 g/mol. The van der Waals surface area contributed by atoms with Crippen molar-refractivity contribution in [2.75, 3.05) is 13.1 Å². The Morgan fingerprint density at radius 1 is 1.55 bits per heavy atom. The van der Waals surface area contributed by atoms with Gasteiger partial charge < -0.3 is 5.11 Å². The molecule has 66 valence electrons. The van der Waals surface area contributed by atoms with Crippen LogP contribution in [0.3, 0.4) is 0 Å². The zero-order valence-electron chi connectivity index (χ0n) is 6.19. The molecular weight excluding hydrogens is 170 g/mol. The monoisotopic (exact) mass is 181 g/mol. The molecule has 1 heterocycles. The highest BCUT2D eigenvalue weighted by atomic mass is 32.2. The van der Waals surface area contributed by atoms with E-state index in [4.69, 9.17) is 4.55 Å². The molecule has 0 amide bonds. The molecule has 1 saturated heterocycles. The average Bonchev–Trinajstić information content (AvgIpc) is 2.07. The van der Waals surface area contributed by atoms with Crippen molar-refractivity contribution in [3.05, 3.63) is 0 Å². The Bertz CT molecular complexity index is 245. The minimum atomic E-state index is -4.10. The lowest BCUT2D eigenvalue weighted by atomic mass is 10.1. The molecule has 6 heteroatoms. The van der Waals surface area contributed by atoms with Crippen molar-refractivity contribution in [3.8, 4) is 0 Å². The van der Waals surface area contributed by atoms with Crippen LogP contribution in [0.5, 0.6) is 0 Å². The largest absolute Gasteiger partial charge is 0.389 e. The third kappa shape index (κ3) is 2.13. The summed E-state index contributed by atoms with van der Waals surface area (Å²) in [4.78, 5) is 0. The summed E-state index contributed by atoms with van der Waals surface area (Å²) in [6.45, 7) is 1.70. The summed E-state index contributed by atoms with van der Waals surface area (Å²) in [5, 5.41) is 9.31. The van der Waals surface area contributed by atoms with Gasteiger partial charge in [0.1, 0.15) is 0 Å². The number of nitrogens with zero attached hydrogens (tertiary/aromatic N) is 1. The van der Waals surface area contributed by atoms with Gasteiger partial charge in [-0.25, -0.2) is 0 Å². The third-order valence-electron chi connectivity index (χ3n) is 1.74. The highest BCUT2D eigenvalue weighted by Crippen LogP contribution is 2.21. The van der Waals surface area contributed by atoms with Crippen molar-refractivity contribution in [2.45, 2.75) is 18.9 Å². The fourth-order valence-electron chi connectivity index (χ4n) is 1.10. The highest BCUT2D eigenvalue weighted by molar-refractivity contribution is 7.83. The summed E-state index contributed by atoms with van der Waals surface area (Å²) in [5.41, 5.74) is -0.990.